The van der Waals surface area contributed by atoms with E-state index in [4.69, 9.17) is 0 Å². The van der Waals surface area contributed by atoms with Crippen molar-refractivity contribution in [2.24, 2.45) is 0 Å². The van der Waals surface area contributed by atoms with Gasteiger partial charge in [-0.1, -0.05) is 30.3 Å². The van der Waals surface area contributed by atoms with Gasteiger partial charge in [0.05, 0.1) is 0 Å². The summed E-state index contributed by atoms with van der Waals surface area (Å²) in [6.45, 7) is 3.14. The van der Waals surface area contributed by atoms with Gasteiger partial charge in [0.25, 0.3) is 0 Å². The van der Waals surface area contributed by atoms with E-state index in [0.29, 0.717) is 0 Å². The third-order valence-corrected chi connectivity index (χ3v) is 4.02. The molecule has 2 heteroatoms. The van der Waals surface area contributed by atoms with Crippen LogP contribution in [0.25, 0.3) is 6.08 Å². The molecule has 0 radical (unpaired) electrons. The van der Waals surface area contributed by atoms with E-state index in [0.717, 1.165) is 31.2 Å². The molecular formula is C19H19NO. The Kier molecular flexibility index (Phi) is 3.87. The van der Waals surface area contributed by atoms with Crippen molar-refractivity contribution in [3.63, 3.8) is 0 Å². The standard InChI is InChI=1S/C19H19NO/c1-2-20-18-8-4-3-7-16(18)10-11-17-14-15(6-5-13-21)9-12-19(17)20/h3-9,12-14H,2,10-11H2,1H3/b6-5+. The first kappa shape index (κ1) is 13.6. The number of para-hydroxylation sites is 1. The summed E-state index contributed by atoms with van der Waals surface area (Å²) in [5, 5.41) is 0. The summed E-state index contributed by atoms with van der Waals surface area (Å²) in [4.78, 5) is 12.9. The minimum Gasteiger partial charge on any atom is -0.341 e. The van der Waals surface area contributed by atoms with Crippen molar-refractivity contribution in [3.8, 4) is 0 Å². The first-order valence-electron chi connectivity index (χ1n) is 7.43. The molecule has 0 spiro atoms. The fraction of sp³-hybridized carbons (Fsp3) is 0.211. The van der Waals surface area contributed by atoms with Crippen LogP contribution >= 0.6 is 0 Å². The lowest BCUT2D eigenvalue weighted by atomic mass is 10.0. The largest absolute Gasteiger partial charge is 0.341 e. The van der Waals surface area contributed by atoms with Crippen molar-refractivity contribution in [1.82, 2.24) is 0 Å². The summed E-state index contributed by atoms with van der Waals surface area (Å²) in [5.41, 5.74) is 6.44. The first-order chi connectivity index (χ1) is 10.3. The molecule has 0 N–H and O–H groups in total. The first-order valence-corrected chi connectivity index (χ1v) is 7.43. The van der Waals surface area contributed by atoms with Crippen molar-refractivity contribution < 1.29 is 4.79 Å². The third kappa shape index (κ3) is 2.62. The number of aldehydes is 1. The minimum absolute atomic E-state index is 0.819. The van der Waals surface area contributed by atoms with Crippen molar-refractivity contribution >= 4 is 23.7 Å². The predicted octanol–water partition coefficient (Wildman–Crippen LogP) is 4.16. The van der Waals surface area contributed by atoms with Crippen LogP contribution in [0.3, 0.4) is 0 Å². The van der Waals surface area contributed by atoms with Crippen LogP contribution < -0.4 is 4.90 Å². The summed E-state index contributed by atoms with van der Waals surface area (Å²) in [7, 11) is 0. The van der Waals surface area contributed by atoms with Gasteiger partial charge in [0.15, 0.2) is 0 Å². The summed E-state index contributed by atoms with van der Waals surface area (Å²) >= 11 is 0. The van der Waals surface area contributed by atoms with Gasteiger partial charge < -0.3 is 4.90 Å². The second kappa shape index (κ2) is 5.96. The van der Waals surface area contributed by atoms with Crippen LogP contribution in [-0.4, -0.2) is 12.8 Å². The van der Waals surface area contributed by atoms with Gasteiger partial charge in [-0.15, -0.1) is 0 Å². The molecule has 0 aromatic heterocycles. The fourth-order valence-corrected chi connectivity index (χ4v) is 3.05. The maximum absolute atomic E-state index is 10.5. The van der Waals surface area contributed by atoms with Crippen LogP contribution in [0.4, 0.5) is 11.4 Å². The maximum Gasteiger partial charge on any atom is 0.142 e. The Hall–Kier alpha value is -2.35. The lowest BCUT2D eigenvalue weighted by molar-refractivity contribution is -0.104. The second-order valence-electron chi connectivity index (χ2n) is 5.26. The van der Waals surface area contributed by atoms with Gasteiger partial charge in [-0.3, -0.25) is 4.79 Å². The normalized spacial score (nSPS) is 13.7. The molecule has 2 aromatic carbocycles. The van der Waals surface area contributed by atoms with Gasteiger partial charge in [-0.2, -0.15) is 0 Å². The van der Waals surface area contributed by atoms with Crippen LogP contribution in [0.2, 0.25) is 0 Å². The summed E-state index contributed by atoms with van der Waals surface area (Å²) in [5.74, 6) is 0. The predicted molar refractivity (Wildman–Crippen MR) is 88.1 cm³/mol. The average molecular weight is 277 g/mol. The Morgan fingerprint density at radius 1 is 1.05 bits per heavy atom. The maximum atomic E-state index is 10.5. The molecule has 0 bridgehead atoms. The lowest BCUT2D eigenvalue weighted by Crippen LogP contribution is -2.17. The number of carbonyl (C=O) groups excluding carboxylic acids is 1. The highest BCUT2D eigenvalue weighted by Gasteiger charge is 2.18. The number of allylic oxidation sites excluding steroid dienone is 1. The molecule has 0 saturated carbocycles. The highest BCUT2D eigenvalue weighted by molar-refractivity contribution is 5.76. The number of anilines is 2. The van der Waals surface area contributed by atoms with E-state index in [1.807, 2.05) is 6.08 Å². The lowest BCUT2D eigenvalue weighted by Gasteiger charge is -2.25. The van der Waals surface area contributed by atoms with Gasteiger partial charge in [0, 0.05) is 17.9 Å². The number of nitrogens with zero attached hydrogens (tertiary/aromatic N) is 1. The molecule has 2 aromatic rings. The van der Waals surface area contributed by atoms with E-state index >= 15 is 0 Å². The zero-order chi connectivity index (χ0) is 14.7. The van der Waals surface area contributed by atoms with Crippen LogP contribution in [0.5, 0.6) is 0 Å². The van der Waals surface area contributed by atoms with Crippen molar-refractivity contribution in [3.05, 3.63) is 65.2 Å². The van der Waals surface area contributed by atoms with Crippen LogP contribution in [0, 0.1) is 0 Å². The average Bonchev–Trinajstić information content (AvgIpc) is 2.69. The molecule has 0 fully saturated rings. The number of aryl methyl sites for hydroxylation is 2. The van der Waals surface area contributed by atoms with Crippen molar-refractivity contribution in [2.75, 3.05) is 11.4 Å². The van der Waals surface area contributed by atoms with Crippen LogP contribution in [-0.2, 0) is 17.6 Å². The monoisotopic (exact) mass is 277 g/mol. The van der Waals surface area contributed by atoms with Crippen molar-refractivity contribution in [1.29, 1.82) is 0 Å². The number of rotatable bonds is 3. The number of hydrogen-bond donors (Lipinski definition) is 0. The Morgan fingerprint density at radius 2 is 1.81 bits per heavy atom. The molecule has 106 valence electrons. The molecule has 0 atom stereocenters. The minimum atomic E-state index is 0.819. The highest BCUT2D eigenvalue weighted by atomic mass is 16.1. The Labute approximate surface area is 125 Å². The zero-order valence-corrected chi connectivity index (χ0v) is 12.3. The fourth-order valence-electron chi connectivity index (χ4n) is 3.05. The van der Waals surface area contributed by atoms with Gasteiger partial charge in [-0.05, 0) is 60.7 Å². The van der Waals surface area contributed by atoms with Crippen molar-refractivity contribution in [2.45, 2.75) is 19.8 Å². The van der Waals surface area contributed by atoms with Gasteiger partial charge in [0.2, 0.25) is 0 Å². The molecule has 0 saturated heterocycles. The SMILES string of the molecule is CCN1c2ccccc2CCc2cc(/C=C/C=O)ccc21. The number of benzene rings is 2. The van der Waals surface area contributed by atoms with E-state index < -0.39 is 0 Å². The zero-order valence-electron chi connectivity index (χ0n) is 12.3. The summed E-state index contributed by atoms with van der Waals surface area (Å²) < 4.78 is 0. The third-order valence-electron chi connectivity index (χ3n) is 4.02. The number of fused-ring (bicyclic) bond motifs is 2. The molecule has 0 aliphatic carbocycles. The quantitative estimate of drug-likeness (QED) is 0.620. The molecule has 1 aliphatic rings. The molecule has 2 nitrogen and oxygen atoms in total. The van der Waals surface area contributed by atoms with Crippen LogP contribution in [0.15, 0.2) is 48.5 Å². The molecule has 1 aliphatic heterocycles. The second-order valence-corrected chi connectivity index (χ2v) is 5.26. The number of carbonyl (C=O) groups is 1. The Morgan fingerprint density at radius 3 is 2.62 bits per heavy atom. The van der Waals surface area contributed by atoms with Crippen LogP contribution in [0.1, 0.15) is 23.6 Å². The van der Waals surface area contributed by atoms with E-state index in [1.165, 1.54) is 22.5 Å². The molecule has 3 rings (SSSR count). The van der Waals surface area contributed by atoms with E-state index in [2.05, 4.69) is 54.3 Å². The smallest absolute Gasteiger partial charge is 0.142 e. The highest BCUT2D eigenvalue weighted by Crippen LogP contribution is 2.36. The molecule has 0 unspecified atom stereocenters. The summed E-state index contributed by atoms with van der Waals surface area (Å²) in [6.07, 6.45) is 6.32. The van der Waals surface area contributed by atoms with Gasteiger partial charge >= 0.3 is 0 Å². The van der Waals surface area contributed by atoms with E-state index in [9.17, 15) is 4.79 Å². The molecular weight excluding hydrogens is 258 g/mol. The molecule has 0 amide bonds. The Balaban J connectivity index is 2.07. The molecule has 1 heterocycles. The summed E-state index contributed by atoms with van der Waals surface area (Å²) in [6, 6.07) is 15.1. The van der Waals surface area contributed by atoms with Gasteiger partial charge in [-0.25, -0.2) is 0 Å². The molecule has 21 heavy (non-hydrogen) atoms. The van der Waals surface area contributed by atoms with E-state index in [-0.39, 0.29) is 0 Å². The van der Waals surface area contributed by atoms with Gasteiger partial charge in [0.1, 0.15) is 6.29 Å². The Bertz CT molecular complexity index is 688. The number of hydrogen-bond acceptors (Lipinski definition) is 2. The topological polar surface area (TPSA) is 20.3 Å². The van der Waals surface area contributed by atoms with E-state index in [1.54, 1.807) is 6.08 Å².